The van der Waals surface area contributed by atoms with Crippen molar-refractivity contribution >= 4 is 57.1 Å². The van der Waals surface area contributed by atoms with E-state index in [0.29, 0.717) is 15.0 Å². The summed E-state index contributed by atoms with van der Waals surface area (Å²) in [5.74, 6) is 1.41. The second kappa shape index (κ2) is 8.28. The number of nitrogens with one attached hydrogen (secondary N) is 1. The van der Waals surface area contributed by atoms with Crippen LogP contribution in [0.5, 0.6) is 5.75 Å². The van der Waals surface area contributed by atoms with Crippen LogP contribution in [0.3, 0.4) is 0 Å². The average Bonchev–Trinajstić information content (AvgIpc) is 3.42. The Morgan fingerprint density at radius 1 is 1.13 bits per heavy atom. The largest absolute Gasteiger partial charge is 0.496 e. The lowest BCUT2D eigenvalue weighted by Crippen LogP contribution is -2.20. The Kier molecular flexibility index (Phi) is 5.33. The zero-order valence-electron chi connectivity index (χ0n) is 16.9. The van der Waals surface area contributed by atoms with Gasteiger partial charge in [0, 0.05) is 18.7 Å². The van der Waals surface area contributed by atoms with Gasteiger partial charge in [0.2, 0.25) is 0 Å². The molecule has 8 heteroatoms. The van der Waals surface area contributed by atoms with Gasteiger partial charge in [0.05, 0.1) is 23.0 Å². The van der Waals surface area contributed by atoms with Crippen LogP contribution < -0.4 is 15.0 Å². The predicted molar refractivity (Wildman–Crippen MR) is 129 cm³/mol. The van der Waals surface area contributed by atoms with Gasteiger partial charge in [-0.25, -0.2) is 9.97 Å². The molecule has 0 radical (unpaired) electrons. The molecule has 156 valence electrons. The molecule has 1 N–H and O–H groups in total. The van der Waals surface area contributed by atoms with E-state index in [9.17, 15) is 4.79 Å². The Labute approximate surface area is 189 Å². The molecule has 6 nitrogen and oxygen atoms in total. The molecule has 1 amide bonds. The molecular formula is C23H20N4O2S2. The van der Waals surface area contributed by atoms with Gasteiger partial charge in [-0.1, -0.05) is 42.2 Å². The zero-order chi connectivity index (χ0) is 21.4. The van der Waals surface area contributed by atoms with Gasteiger partial charge >= 0.3 is 0 Å². The summed E-state index contributed by atoms with van der Waals surface area (Å²) in [5, 5.41) is 2.66. The number of anilines is 1. The first-order valence-corrected chi connectivity index (χ1v) is 11.3. The highest BCUT2D eigenvalue weighted by molar-refractivity contribution is 8.26. The van der Waals surface area contributed by atoms with Crippen LogP contribution in [-0.2, 0) is 4.79 Å². The molecular weight excluding hydrogens is 428 g/mol. The Morgan fingerprint density at radius 2 is 1.87 bits per heavy atom. The highest BCUT2D eigenvalue weighted by Gasteiger charge is 2.24. The summed E-state index contributed by atoms with van der Waals surface area (Å²) >= 11 is 6.37. The molecule has 31 heavy (non-hydrogen) atoms. The van der Waals surface area contributed by atoms with Gasteiger partial charge in [-0.2, -0.15) is 0 Å². The van der Waals surface area contributed by atoms with Crippen molar-refractivity contribution in [2.75, 3.05) is 25.1 Å². The molecule has 2 fully saturated rings. The number of methoxy groups -OCH3 is 1. The Morgan fingerprint density at radius 3 is 2.55 bits per heavy atom. The summed E-state index contributed by atoms with van der Waals surface area (Å²) in [6.07, 6.45) is 4.12. The van der Waals surface area contributed by atoms with Crippen LogP contribution in [-0.4, -0.2) is 40.4 Å². The minimum absolute atomic E-state index is 0.171. The lowest BCUT2D eigenvalue weighted by Gasteiger charge is -2.21. The number of benzene rings is 2. The molecule has 0 spiro atoms. The Hall–Kier alpha value is -2.97. The van der Waals surface area contributed by atoms with Gasteiger partial charge in [-0.05, 0) is 48.7 Å². The molecule has 2 aliphatic heterocycles. The van der Waals surface area contributed by atoms with Crippen LogP contribution in [0.1, 0.15) is 18.4 Å². The molecule has 2 aliphatic rings. The van der Waals surface area contributed by atoms with Crippen molar-refractivity contribution in [2.24, 2.45) is 0 Å². The predicted octanol–water partition coefficient (Wildman–Crippen LogP) is 4.39. The van der Waals surface area contributed by atoms with Gasteiger partial charge in [-0.15, -0.1) is 0 Å². The summed E-state index contributed by atoms with van der Waals surface area (Å²) in [6, 6.07) is 13.7. The van der Waals surface area contributed by atoms with E-state index in [0.717, 1.165) is 59.6 Å². The number of rotatable bonds is 4. The van der Waals surface area contributed by atoms with E-state index in [4.69, 9.17) is 26.9 Å². The third-order valence-corrected chi connectivity index (χ3v) is 6.54. The first-order chi connectivity index (χ1) is 15.1. The number of hydrogen-bond donors (Lipinski definition) is 1. The minimum Gasteiger partial charge on any atom is -0.496 e. The number of thiocarbonyl (C=S) groups is 1. The molecule has 2 saturated heterocycles. The van der Waals surface area contributed by atoms with Crippen LogP contribution in [0.4, 0.5) is 5.82 Å². The number of thioether (sulfide) groups is 1. The molecule has 0 saturated carbocycles. The van der Waals surface area contributed by atoms with Gasteiger partial charge in [0.1, 0.15) is 15.8 Å². The quantitative estimate of drug-likeness (QED) is 0.469. The number of fused-ring (bicyclic) bond motifs is 1. The van der Waals surface area contributed by atoms with Crippen molar-refractivity contribution in [1.82, 2.24) is 15.3 Å². The summed E-state index contributed by atoms with van der Waals surface area (Å²) in [7, 11) is 1.65. The van der Waals surface area contributed by atoms with Crippen molar-refractivity contribution < 1.29 is 9.53 Å². The topological polar surface area (TPSA) is 67.3 Å². The first-order valence-electron chi connectivity index (χ1n) is 10.1. The van der Waals surface area contributed by atoms with Crippen molar-refractivity contribution in [1.29, 1.82) is 0 Å². The maximum absolute atomic E-state index is 12.1. The highest BCUT2D eigenvalue weighted by Crippen LogP contribution is 2.38. The third-order valence-electron chi connectivity index (χ3n) is 5.38. The van der Waals surface area contributed by atoms with Crippen LogP contribution in [0.25, 0.3) is 28.4 Å². The molecule has 0 unspecified atom stereocenters. The van der Waals surface area contributed by atoms with Gasteiger partial charge < -0.3 is 15.0 Å². The second-order valence-electron chi connectivity index (χ2n) is 7.39. The summed E-state index contributed by atoms with van der Waals surface area (Å²) < 4.78 is 6.15. The first kappa shape index (κ1) is 20.0. The minimum atomic E-state index is -0.171. The highest BCUT2D eigenvalue weighted by atomic mass is 32.2. The molecule has 5 rings (SSSR count). The number of ether oxygens (including phenoxy) is 1. The normalized spacial score (nSPS) is 17.6. The molecule has 1 aromatic heterocycles. The van der Waals surface area contributed by atoms with Crippen LogP contribution in [0, 0.1) is 0 Å². The smallest absolute Gasteiger partial charge is 0.263 e. The Bertz CT molecular complexity index is 1240. The van der Waals surface area contributed by atoms with E-state index in [1.807, 2.05) is 48.5 Å². The van der Waals surface area contributed by atoms with E-state index in [1.54, 1.807) is 7.11 Å². The fourth-order valence-corrected chi connectivity index (χ4v) is 4.94. The molecule has 0 atom stereocenters. The van der Waals surface area contributed by atoms with Crippen LogP contribution >= 0.6 is 24.0 Å². The number of carbonyl (C=O) groups is 1. The van der Waals surface area contributed by atoms with Crippen molar-refractivity contribution in [2.45, 2.75) is 12.8 Å². The van der Waals surface area contributed by atoms with Crippen LogP contribution in [0.2, 0.25) is 0 Å². The molecule has 0 bridgehead atoms. The van der Waals surface area contributed by atoms with E-state index >= 15 is 0 Å². The molecule has 3 heterocycles. The fourth-order valence-electron chi connectivity index (χ4n) is 3.89. The van der Waals surface area contributed by atoms with E-state index < -0.39 is 0 Å². The Balaban J connectivity index is 1.68. The number of carbonyl (C=O) groups excluding carboxylic acids is 1. The third kappa shape index (κ3) is 3.88. The monoisotopic (exact) mass is 448 g/mol. The van der Waals surface area contributed by atoms with Gasteiger partial charge in [-0.3, -0.25) is 4.79 Å². The van der Waals surface area contributed by atoms with Crippen molar-refractivity contribution in [3.8, 4) is 17.0 Å². The average molecular weight is 449 g/mol. The summed E-state index contributed by atoms with van der Waals surface area (Å²) in [5.41, 5.74) is 4.22. The van der Waals surface area contributed by atoms with Crippen molar-refractivity contribution in [3.63, 3.8) is 0 Å². The van der Waals surface area contributed by atoms with Gasteiger partial charge in [0.15, 0.2) is 5.82 Å². The lowest BCUT2D eigenvalue weighted by atomic mass is 10.0. The van der Waals surface area contributed by atoms with E-state index in [-0.39, 0.29) is 5.91 Å². The lowest BCUT2D eigenvalue weighted by molar-refractivity contribution is -0.115. The van der Waals surface area contributed by atoms with E-state index in [1.165, 1.54) is 11.8 Å². The van der Waals surface area contributed by atoms with Crippen LogP contribution in [0.15, 0.2) is 47.4 Å². The number of hydrogen-bond acceptors (Lipinski definition) is 7. The number of nitrogens with zero attached hydrogens (tertiary/aromatic N) is 3. The standard InChI is InChI=1S/C23H20N4O2S2/c1-29-18-9-8-14(13-19-22(28)26-23(30)31-19)12-15(18)20-21(27-10-4-5-11-27)25-17-7-3-2-6-16(17)24-20/h2-3,6-9,12-13H,4-5,10-11H2,1H3,(H,26,28,30). The maximum Gasteiger partial charge on any atom is 0.263 e. The van der Waals surface area contributed by atoms with E-state index in [2.05, 4.69) is 10.2 Å². The summed E-state index contributed by atoms with van der Waals surface area (Å²) in [6.45, 7) is 1.92. The zero-order valence-corrected chi connectivity index (χ0v) is 18.6. The fraction of sp³-hybridized carbons (Fsp3) is 0.217. The van der Waals surface area contributed by atoms with Gasteiger partial charge in [0.25, 0.3) is 5.91 Å². The van der Waals surface area contributed by atoms with Crippen molar-refractivity contribution in [3.05, 3.63) is 52.9 Å². The number of aromatic nitrogens is 2. The second-order valence-corrected chi connectivity index (χ2v) is 9.11. The maximum atomic E-state index is 12.1. The molecule has 0 aliphatic carbocycles. The number of para-hydroxylation sites is 2. The SMILES string of the molecule is COc1ccc(C=C2SC(=S)NC2=O)cc1-c1nc2ccccc2nc1N1CCCC1. The molecule has 3 aromatic rings. The number of amides is 1. The summed E-state index contributed by atoms with van der Waals surface area (Å²) in [4.78, 5) is 24.9. The molecule has 2 aromatic carbocycles.